The Morgan fingerprint density at radius 1 is 0.655 bits per heavy atom. The molecule has 1 aromatic heterocycles. The number of ether oxygens (including phenoxy) is 4. The van der Waals surface area contributed by atoms with Gasteiger partial charge in [-0.1, -0.05) is 0 Å². The van der Waals surface area contributed by atoms with Gasteiger partial charge in [-0.3, -0.25) is 4.79 Å². The Kier molecular flexibility index (Phi) is 9.72. The molecule has 0 saturated carbocycles. The number of hydrogen-bond donors (Lipinski definition) is 12. The van der Waals surface area contributed by atoms with Gasteiger partial charge < -0.3 is 84.6 Å². The number of benzene rings is 4. The Labute approximate surface area is 304 Å². The van der Waals surface area contributed by atoms with E-state index in [0.717, 1.165) is 42.5 Å². The molecular weight excluding hydrogens is 740 g/mol. The van der Waals surface area contributed by atoms with Crippen LogP contribution in [0, 0.1) is 0 Å². The van der Waals surface area contributed by atoms with Crippen LogP contribution in [-0.2, 0) is 14.2 Å². The third-order valence-corrected chi connectivity index (χ3v) is 8.26. The lowest BCUT2D eigenvalue weighted by molar-refractivity contribution is -0.276. The van der Waals surface area contributed by atoms with E-state index in [1.807, 2.05) is 0 Å². The number of rotatable bonds is 8. The maximum Gasteiger partial charge on any atom is 0.338 e. The van der Waals surface area contributed by atoms with Crippen molar-refractivity contribution < 1.29 is 94.2 Å². The first-order chi connectivity index (χ1) is 25.9. The molecule has 1 fully saturated rings. The van der Waals surface area contributed by atoms with Crippen LogP contribution in [0.3, 0.4) is 0 Å². The molecule has 288 valence electrons. The molecule has 1 saturated heterocycles. The number of carbonyl (C=O) groups excluding carboxylic acids is 2. The highest BCUT2D eigenvalue weighted by Crippen LogP contribution is 2.41. The Hall–Kier alpha value is -7.29. The highest BCUT2D eigenvalue weighted by molar-refractivity contribution is 5.92. The molecular formula is C35H28O20. The van der Waals surface area contributed by atoms with Gasteiger partial charge in [0.05, 0.1) is 11.1 Å². The molecule has 55 heavy (non-hydrogen) atoms. The van der Waals surface area contributed by atoms with Crippen molar-refractivity contribution in [2.75, 3.05) is 6.61 Å². The Morgan fingerprint density at radius 2 is 1.24 bits per heavy atom. The Bertz CT molecular complexity index is 2360. The van der Waals surface area contributed by atoms with Gasteiger partial charge in [0.1, 0.15) is 47.4 Å². The summed E-state index contributed by atoms with van der Waals surface area (Å²) in [5.41, 5.74) is -2.78. The smallest absolute Gasteiger partial charge is 0.338 e. The number of esters is 2. The fourth-order valence-corrected chi connectivity index (χ4v) is 5.51. The van der Waals surface area contributed by atoms with Gasteiger partial charge in [-0.2, -0.15) is 0 Å². The molecule has 5 atom stereocenters. The minimum absolute atomic E-state index is 0.143. The largest absolute Gasteiger partial charge is 0.508 e. The van der Waals surface area contributed by atoms with E-state index in [0.29, 0.717) is 12.1 Å². The molecule has 0 radical (unpaired) electrons. The van der Waals surface area contributed by atoms with Crippen molar-refractivity contribution in [1.82, 2.24) is 0 Å². The van der Waals surface area contributed by atoms with Crippen molar-refractivity contribution in [3.8, 4) is 74.6 Å². The van der Waals surface area contributed by atoms with E-state index in [1.165, 1.54) is 0 Å². The van der Waals surface area contributed by atoms with Gasteiger partial charge >= 0.3 is 11.9 Å². The fraction of sp³-hybridized carbons (Fsp3) is 0.171. The molecule has 4 aromatic carbocycles. The number of aliphatic hydroxyl groups is 2. The fourth-order valence-electron chi connectivity index (χ4n) is 5.51. The average molecular weight is 769 g/mol. The summed E-state index contributed by atoms with van der Waals surface area (Å²) in [6.45, 7) is -0.986. The van der Waals surface area contributed by atoms with Gasteiger partial charge in [0.25, 0.3) is 0 Å². The number of aliphatic hydroxyl groups excluding tert-OH is 2. The molecule has 20 nitrogen and oxygen atoms in total. The van der Waals surface area contributed by atoms with Crippen LogP contribution in [0.5, 0.6) is 63.2 Å². The molecule has 0 bridgehead atoms. The number of hydrogen-bond acceptors (Lipinski definition) is 20. The van der Waals surface area contributed by atoms with Crippen LogP contribution in [0.15, 0.2) is 63.8 Å². The third-order valence-electron chi connectivity index (χ3n) is 8.26. The first-order valence-electron chi connectivity index (χ1n) is 15.6. The number of fused-ring (bicyclic) bond motifs is 1. The summed E-state index contributed by atoms with van der Waals surface area (Å²) < 4.78 is 27.8. The van der Waals surface area contributed by atoms with Crippen molar-refractivity contribution in [2.24, 2.45) is 0 Å². The van der Waals surface area contributed by atoms with Gasteiger partial charge in [0, 0.05) is 17.7 Å². The molecule has 0 unspecified atom stereocenters. The van der Waals surface area contributed by atoms with Crippen LogP contribution >= 0.6 is 0 Å². The normalized spacial score (nSPS) is 19.5. The Morgan fingerprint density at radius 3 is 1.82 bits per heavy atom. The summed E-state index contributed by atoms with van der Waals surface area (Å²) in [5.74, 6) is -12.3. The molecule has 5 aromatic rings. The van der Waals surface area contributed by atoms with Crippen molar-refractivity contribution in [3.05, 3.63) is 75.9 Å². The molecule has 0 aliphatic carbocycles. The molecule has 0 spiro atoms. The summed E-state index contributed by atoms with van der Waals surface area (Å²) in [5, 5.41) is 121. The van der Waals surface area contributed by atoms with Crippen molar-refractivity contribution in [2.45, 2.75) is 30.7 Å². The molecule has 2 heterocycles. The maximum atomic E-state index is 13.9. The Balaban J connectivity index is 1.39. The SMILES string of the molecule is O=C(OC[C@H]1O[C@@H](Oc2c(-c3ccc(O)c(O)c3)oc3cc(O)cc(O)c3c2=O)[C@H](O)[C@@H](O)[C@@H]1OC(=O)c1cc(O)c(O)c(O)c1)c1cc(O)c(O)c(O)c1. The molecule has 6 rings (SSSR count). The third kappa shape index (κ3) is 7.10. The van der Waals surface area contributed by atoms with Crippen LogP contribution in [0.1, 0.15) is 20.7 Å². The van der Waals surface area contributed by atoms with E-state index < -0.39 is 146 Å². The van der Waals surface area contributed by atoms with Crippen LogP contribution in [0.25, 0.3) is 22.3 Å². The summed E-state index contributed by atoms with van der Waals surface area (Å²) in [4.78, 5) is 39.9. The lowest BCUT2D eigenvalue weighted by Gasteiger charge is -2.41. The summed E-state index contributed by atoms with van der Waals surface area (Å²) >= 11 is 0. The summed E-state index contributed by atoms with van der Waals surface area (Å²) in [6, 6.07) is 7.70. The van der Waals surface area contributed by atoms with Crippen LogP contribution < -0.4 is 10.2 Å². The number of carbonyl (C=O) groups is 2. The van der Waals surface area contributed by atoms with E-state index in [-0.39, 0.29) is 5.56 Å². The van der Waals surface area contributed by atoms with E-state index in [4.69, 9.17) is 23.4 Å². The zero-order valence-electron chi connectivity index (χ0n) is 27.4. The summed E-state index contributed by atoms with van der Waals surface area (Å²) in [7, 11) is 0. The van der Waals surface area contributed by atoms with Crippen molar-refractivity contribution in [1.29, 1.82) is 0 Å². The zero-order chi connectivity index (χ0) is 40.0. The predicted octanol–water partition coefficient (Wildman–Crippen LogP) is 1.42. The standard InChI is InChI=1S/C35H28O20/c36-14-8-17(39)24-22(9-14)52-30(11-1-2-15(37)16(38)3-11)32(27(24)46)55-35-29(48)28(47)31(54-34(50)13-6-20(42)26(45)21(43)7-13)23(53-35)10-51-33(49)12-4-18(40)25(44)19(41)5-12/h1-9,23,28-29,31,35-45,47-48H,10H2/t23-,28-,29-,31-,35+/m1/s1. The second-order valence-corrected chi connectivity index (χ2v) is 12.0. The number of aromatic hydroxyl groups is 10. The number of phenolic OH excluding ortho intramolecular Hbond substituents is 10. The monoisotopic (exact) mass is 768 g/mol. The van der Waals surface area contributed by atoms with Gasteiger partial charge in [-0.15, -0.1) is 0 Å². The highest BCUT2D eigenvalue weighted by atomic mass is 16.7. The summed E-state index contributed by atoms with van der Waals surface area (Å²) in [6.07, 6.45) is -10.5. The second-order valence-electron chi connectivity index (χ2n) is 12.0. The van der Waals surface area contributed by atoms with E-state index in [1.54, 1.807) is 0 Å². The average Bonchev–Trinajstić information content (AvgIpc) is 3.13. The molecule has 1 aliphatic heterocycles. The quantitative estimate of drug-likeness (QED) is 0.0784. The molecule has 1 aliphatic rings. The highest BCUT2D eigenvalue weighted by Gasteiger charge is 2.49. The predicted molar refractivity (Wildman–Crippen MR) is 178 cm³/mol. The minimum Gasteiger partial charge on any atom is -0.508 e. The second kappa shape index (κ2) is 14.3. The van der Waals surface area contributed by atoms with Crippen LogP contribution in [0.2, 0.25) is 0 Å². The van der Waals surface area contributed by atoms with Gasteiger partial charge in [-0.25, -0.2) is 9.59 Å². The minimum atomic E-state index is -2.25. The zero-order valence-corrected chi connectivity index (χ0v) is 27.4. The van der Waals surface area contributed by atoms with E-state index in [2.05, 4.69) is 0 Å². The molecule has 12 N–H and O–H groups in total. The van der Waals surface area contributed by atoms with Gasteiger partial charge in [0.15, 0.2) is 57.9 Å². The van der Waals surface area contributed by atoms with Crippen LogP contribution in [0.4, 0.5) is 0 Å². The van der Waals surface area contributed by atoms with Crippen molar-refractivity contribution in [3.63, 3.8) is 0 Å². The van der Waals surface area contributed by atoms with Crippen molar-refractivity contribution >= 4 is 22.9 Å². The molecule has 20 heteroatoms. The van der Waals surface area contributed by atoms with E-state index >= 15 is 0 Å². The van der Waals surface area contributed by atoms with E-state index in [9.17, 15) is 75.7 Å². The maximum absolute atomic E-state index is 13.9. The first kappa shape index (κ1) is 37.5. The number of phenols is 10. The lowest BCUT2D eigenvalue weighted by atomic mass is 9.98. The first-order valence-corrected chi connectivity index (χ1v) is 15.6. The van der Waals surface area contributed by atoms with Gasteiger partial charge in [-0.05, 0) is 42.5 Å². The lowest BCUT2D eigenvalue weighted by Crippen LogP contribution is -2.61. The van der Waals surface area contributed by atoms with Gasteiger partial charge in [0.2, 0.25) is 17.5 Å². The topological polar surface area (TPSA) is 344 Å². The van der Waals surface area contributed by atoms with Crippen LogP contribution in [-0.4, -0.2) is 111 Å². The molecule has 0 amide bonds.